The van der Waals surface area contributed by atoms with Gasteiger partial charge in [-0.15, -0.1) is 11.3 Å². The SMILES string of the molecule is c1cncc(-c2cccc(N3c4ccccc4-n4c5cc6sc7ccccc7c6cc5c5cccc3c54)c2)c1. The molecule has 182 valence electrons. The maximum atomic E-state index is 4.35. The quantitative estimate of drug-likeness (QED) is 0.228. The molecule has 0 fully saturated rings. The van der Waals surface area contributed by atoms with E-state index < -0.39 is 0 Å². The minimum atomic E-state index is 1.12. The standard InChI is InChI=1S/C35H21N3S/c1-4-16-33-25(11-1)28-19-27-26-12-6-15-31-35(26)38(32(27)20-34(28)39-33)30-14-3-2-13-29(30)37(31)24-10-5-8-22(18-24)23-9-7-17-36-21-23/h1-21H. The fourth-order valence-electron chi connectivity index (χ4n) is 6.30. The summed E-state index contributed by atoms with van der Waals surface area (Å²) in [4.78, 5) is 6.76. The molecule has 0 bridgehead atoms. The summed E-state index contributed by atoms with van der Waals surface area (Å²) >= 11 is 1.88. The van der Waals surface area contributed by atoms with Crippen LogP contribution in [0.3, 0.4) is 0 Å². The van der Waals surface area contributed by atoms with Crippen LogP contribution in [0.15, 0.2) is 128 Å². The average Bonchev–Trinajstić information content (AvgIpc) is 3.53. The normalized spacial score (nSPS) is 12.6. The van der Waals surface area contributed by atoms with Crippen molar-refractivity contribution in [3.8, 4) is 16.8 Å². The number of pyridine rings is 1. The van der Waals surface area contributed by atoms with E-state index in [0.717, 1.165) is 16.8 Å². The summed E-state index contributed by atoms with van der Waals surface area (Å²) in [7, 11) is 0. The number of thiophene rings is 1. The first-order chi connectivity index (χ1) is 19.3. The third-order valence-corrected chi connectivity index (χ3v) is 9.10. The molecule has 3 nitrogen and oxygen atoms in total. The summed E-state index contributed by atoms with van der Waals surface area (Å²) in [5.74, 6) is 0. The lowest BCUT2D eigenvalue weighted by Crippen LogP contribution is -2.18. The van der Waals surface area contributed by atoms with Crippen molar-refractivity contribution < 1.29 is 0 Å². The molecule has 0 saturated carbocycles. The van der Waals surface area contributed by atoms with Gasteiger partial charge in [-0.25, -0.2) is 0 Å². The van der Waals surface area contributed by atoms with Crippen LogP contribution in [0.25, 0.3) is 58.8 Å². The molecule has 0 aliphatic carbocycles. The highest BCUT2D eigenvalue weighted by Crippen LogP contribution is 2.51. The third-order valence-electron chi connectivity index (χ3n) is 7.97. The zero-order valence-electron chi connectivity index (χ0n) is 20.9. The van der Waals surface area contributed by atoms with Gasteiger partial charge in [0.25, 0.3) is 0 Å². The minimum absolute atomic E-state index is 1.12. The van der Waals surface area contributed by atoms with Crippen LogP contribution in [0.4, 0.5) is 17.1 Å². The van der Waals surface area contributed by atoms with Gasteiger partial charge in [0, 0.05) is 54.6 Å². The van der Waals surface area contributed by atoms with Crippen molar-refractivity contribution in [2.45, 2.75) is 0 Å². The number of hydrogen-bond donors (Lipinski definition) is 0. The van der Waals surface area contributed by atoms with Crippen LogP contribution in [0, 0.1) is 0 Å². The van der Waals surface area contributed by atoms with Crippen molar-refractivity contribution in [3.63, 3.8) is 0 Å². The van der Waals surface area contributed by atoms with Gasteiger partial charge in [0.05, 0.1) is 28.1 Å². The molecule has 0 radical (unpaired) electrons. The topological polar surface area (TPSA) is 21.1 Å². The Morgan fingerprint density at radius 1 is 0.538 bits per heavy atom. The van der Waals surface area contributed by atoms with E-state index in [4.69, 9.17) is 0 Å². The molecule has 9 rings (SSSR count). The smallest absolute Gasteiger partial charge is 0.0783 e. The van der Waals surface area contributed by atoms with Crippen molar-refractivity contribution in [1.82, 2.24) is 9.55 Å². The second kappa shape index (κ2) is 7.79. The molecule has 0 N–H and O–H groups in total. The Bertz CT molecular complexity index is 2240. The monoisotopic (exact) mass is 515 g/mol. The first-order valence-electron chi connectivity index (χ1n) is 13.1. The summed E-state index contributed by atoms with van der Waals surface area (Å²) in [5.41, 5.74) is 9.48. The molecule has 4 heteroatoms. The number of benzene rings is 5. The maximum absolute atomic E-state index is 4.35. The fraction of sp³-hybridized carbons (Fsp3) is 0. The largest absolute Gasteiger partial charge is 0.306 e. The second-order valence-corrected chi connectivity index (χ2v) is 11.2. The molecule has 39 heavy (non-hydrogen) atoms. The van der Waals surface area contributed by atoms with Crippen molar-refractivity contribution in [2.75, 3.05) is 4.90 Å². The van der Waals surface area contributed by atoms with Gasteiger partial charge in [-0.2, -0.15) is 0 Å². The summed E-state index contributed by atoms with van der Waals surface area (Å²) in [6, 6.07) is 41.9. The summed E-state index contributed by atoms with van der Waals surface area (Å²) < 4.78 is 5.14. The Hall–Kier alpha value is -4.93. The van der Waals surface area contributed by atoms with Gasteiger partial charge in [-0.05, 0) is 60.2 Å². The summed E-state index contributed by atoms with van der Waals surface area (Å²) in [5, 5.41) is 5.24. The van der Waals surface area contributed by atoms with Crippen molar-refractivity contribution in [2.24, 2.45) is 0 Å². The Balaban J connectivity index is 1.37. The van der Waals surface area contributed by atoms with Crippen LogP contribution < -0.4 is 4.90 Å². The number of nitrogens with zero attached hydrogens (tertiary/aromatic N) is 3. The van der Waals surface area contributed by atoms with Gasteiger partial charge in [0.15, 0.2) is 0 Å². The lowest BCUT2D eigenvalue weighted by Gasteiger charge is -2.33. The van der Waals surface area contributed by atoms with Gasteiger partial charge in [0.2, 0.25) is 0 Å². The molecule has 0 saturated heterocycles. The number of rotatable bonds is 2. The van der Waals surface area contributed by atoms with Crippen LogP contribution in [-0.4, -0.2) is 9.55 Å². The number of para-hydroxylation sites is 3. The average molecular weight is 516 g/mol. The van der Waals surface area contributed by atoms with Crippen LogP contribution in [-0.2, 0) is 0 Å². The van der Waals surface area contributed by atoms with E-state index in [9.17, 15) is 0 Å². The van der Waals surface area contributed by atoms with E-state index >= 15 is 0 Å². The zero-order chi connectivity index (χ0) is 25.5. The lowest BCUT2D eigenvalue weighted by atomic mass is 10.0. The Kier molecular flexibility index (Phi) is 4.21. The molecule has 0 spiro atoms. The first-order valence-corrected chi connectivity index (χ1v) is 14.0. The molecule has 5 aromatic carbocycles. The number of anilines is 3. The maximum Gasteiger partial charge on any atom is 0.0783 e. The summed E-state index contributed by atoms with van der Waals surface area (Å²) in [6.45, 7) is 0. The van der Waals surface area contributed by atoms with E-state index in [0.29, 0.717) is 0 Å². The van der Waals surface area contributed by atoms with Crippen molar-refractivity contribution in [1.29, 1.82) is 0 Å². The third kappa shape index (κ3) is 2.89. The molecular formula is C35H21N3S. The fourth-order valence-corrected chi connectivity index (χ4v) is 7.43. The predicted molar refractivity (Wildman–Crippen MR) is 165 cm³/mol. The van der Waals surface area contributed by atoms with Gasteiger partial charge in [-0.1, -0.05) is 60.7 Å². The molecule has 0 atom stereocenters. The van der Waals surface area contributed by atoms with Gasteiger partial charge < -0.3 is 9.47 Å². The van der Waals surface area contributed by atoms with Gasteiger partial charge in [0.1, 0.15) is 0 Å². The molecule has 1 aliphatic rings. The molecule has 3 aromatic heterocycles. The van der Waals surface area contributed by atoms with Crippen LogP contribution in [0.2, 0.25) is 0 Å². The Labute approximate surface area is 228 Å². The highest BCUT2D eigenvalue weighted by atomic mass is 32.1. The van der Waals surface area contributed by atoms with Crippen molar-refractivity contribution in [3.05, 3.63) is 128 Å². The highest BCUT2D eigenvalue weighted by molar-refractivity contribution is 7.25. The lowest BCUT2D eigenvalue weighted by molar-refractivity contribution is 1.11. The molecule has 4 heterocycles. The minimum Gasteiger partial charge on any atom is -0.306 e. The van der Waals surface area contributed by atoms with E-state index in [1.54, 1.807) is 0 Å². The van der Waals surface area contributed by atoms with Crippen LogP contribution >= 0.6 is 11.3 Å². The number of aromatic nitrogens is 2. The molecule has 8 aromatic rings. The molecule has 1 aliphatic heterocycles. The highest BCUT2D eigenvalue weighted by Gasteiger charge is 2.28. The number of fused-ring (bicyclic) bond motifs is 8. The van der Waals surface area contributed by atoms with E-state index in [-0.39, 0.29) is 0 Å². The zero-order valence-corrected chi connectivity index (χ0v) is 21.7. The Morgan fingerprint density at radius 2 is 1.33 bits per heavy atom. The van der Waals surface area contributed by atoms with Gasteiger partial charge >= 0.3 is 0 Å². The number of hydrogen-bond acceptors (Lipinski definition) is 3. The predicted octanol–water partition coefficient (Wildman–Crippen LogP) is 10.00. The molecule has 0 amide bonds. The Morgan fingerprint density at radius 3 is 2.26 bits per heavy atom. The summed E-state index contributed by atoms with van der Waals surface area (Å²) in [6.07, 6.45) is 3.75. The van der Waals surface area contributed by atoms with Crippen LogP contribution in [0.5, 0.6) is 0 Å². The van der Waals surface area contributed by atoms with E-state index in [1.807, 2.05) is 29.8 Å². The van der Waals surface area contributed by atoms with Crippen LogP contribution in [0.1, 0.15) is 0 Å². The molecular weight excluding hydrogens is 494 g/mol. The molecule has 0 unspecified atom stereocenters. The van der Waals surface area contributed by atoms with E-state index in [2.05, 4.69) is 124 Å². The van der Waals surface area contributed by atoms with Gasteiger partial charge in [-0.3, -0.25) is 4.98 Å². The second-order valence-electron chi connectivity index (χ2n) is 10.1. The first kappa shape index (κ1) is 21.1. The van der Waals surface area contributed by atoms with E-state index in [1.165, 1.54) is 59.0 Å². The van der Waals surface area contributed by atoms with Crippen molar-refractivity contribution >= 4 is 70.4 Å².